The van der Waals surface area contributed by atoms with E-state index in [4.69, 9.17) is 17.0 Å². The topological polar surface area (TPSA) is 36.7 Å². The molecular formula is C18H15ClN2S. The largest absolute Gasteiger partial charge is 0.297 e. The molecule has 4 heteroatoms. The molecule has 2 nitrogen and oxygen atoms in total. The molecule has 3 rings (SSSR count). The summed E-state index contributed by atoms with van der Waals surface area (Å²) in [7, 11) is 0. The second-order valence-electron chi connectivity index (χ2n) is 5.09. The van der Waals surface area contributed by atoms with E-state index in [1.165, 1.54) is 0 Å². The molecule has 0 radical (unpaired) electrons. The Morgan fingerprint density at radius 1 is 1.05 bits per heavy atom. The molecule has 1 heterocycles. The Kier molecular flexibility index (Phi) is 4.10. The van der Waals surface area contributed by atoms with E-state index in [2.05, 4.69) is 17.1 Å². The van der Waals surface area contributed by atoms with Gasteiger partial charge in [-0.2, -0.15) is 0 Å². The summed E-state index contributed by atoms with van der Waals surface area (Å²) in [5, 5.41) is 9.87. The van der Waals surface area contributed by atoms with Gasteiger partial charge in [0.15, 0.2) is 0 Å². The van der Waals surface area contributed by atoms with Crippen molar-refractivity contribution < 1.29 is 0 Å². The van der Waals surface area contributed by atoms with Crippen molar-refractivity contribution in [3.63, 3.8) is 0 Å². The van der Waals surface area contributed by atoms with Crippen LogP contribution in [0.4, 0.5) is 0 Å². The third-order valence-corrected chi connectivity index (χ3v) is 5.22. The SMILES string of the molecule is Cc1nc(C(=N)c2cccc(Cl)c2C)sc1-c1ccccc1. The first-order chi connectivity index (χ1) is 10.6. The number of nitrogens with zero attached hydrogens (tertiary/aromatic N) is 1. The smallest absolute Gasteiger partial charge is 0.142 e. The molecule has 0 spiro atoms. The van der Waals surface area contributed by atoms with Gasteiger partial charge in [-0.25, -0.2) is 4.98 Å². The predicted molar refractivity (Wildman–Crippen MR) is 94.4 cm³/mol. The number of aromatic nitrogens is 1. The maximum Gasteiger partial charge on any atom is 0.142 e. The Labute approximate surface area is 138 Å². The summed E-state index contributed by atoms with van der Waals surface area (Å²) in [6.07, 6.45) is 0. The first kappa shape index (κ1) is 14.9. The standard InChI is InChI=1S/C18H15ClN2S/c1-11-14(9-6-10-15(11)19)16(20)18-21-12(2)17(22-18)13-7-4-3-5-8-13/h3-10,20H,1-2H3. The molecule has 0 fully saturated rings. The quantitative estimate of drug-likeness (QED) is 0.634. The van der Waals surface area contributed by atoms with Crippen molar-refractivity contribution in [2.75, 3.05) is 0 Å². The van der Waals surface area contributed by atoms with Crippen molar-refractivity contribution in [1.29, 1.82) is 5.41 Å². The average molecular weight is 327 g/mol. The molecule has 0 aliphatic rings. The molecule has 110 valence electrons. The van der Waals surface area contributed by atoms with Crippen LogP contribution in [0, 0.1) is 19.3 Å². The summed E-state index contributed by atoms with van der Waals surface area (Å²) < 4.78 is 0. The van der Waals surface area contributed by atoms with Crippen LogP contribution in [0.1, 0.15) is 21.8 Å². The van der Waals surface area contributed by atoms with Crippen LogP contribution in [0.15, 0.2) is 48.5 Å². The minimum absolute atomic E-state index is 0.426. The van der Waals surface area contributed by atoms with Gasteiger partial charge in [-0.05, 0) is 31.0 Å². The van der Waals surface area contributed by atoms with Crippen LogP contribution in [-0.4, -0.2) is 10.7 Å². The summed E-state index contributed by atoms with van der Waals surface area (Å²) >= 11 is 7.72. The molecule has 0 saturated carbocycles. The van der Waals surface area contributed by atoms with Crippen molar-refractivity contribution >= 4 is 28.6 Å². The lowest BCUT2D eigenvalue weighted by atomic mass is 10.0. The lowest BCUT2D eigenvalue weighted by molar-refractivity contribution is 1.24. The molecule has 0 bridgehead atoms. The Morgan fingerprint density at radius 3 is 2.50 bits per heavy atom. The van der Waals surface area contributed by atoms with Gasteiger partial charge in [0, 0.05) is 10.6 Å². The van der Waals surface area contributed by atoms with E-state index in [0.717, 1.165) is 32.3 Å². The number of hydrogen-bond donors (Lipinski definition) is 1. The predicted octanol–water partition coefficient (Wildman–Crippen LogP) is 5.50. The van der Waals surface area contributed by atoms with Gasteiger partial charge < -0.3 is 0 Å². The van der Waals surface area contributed by atoms with E-state index < -0.39 is 0 Å². The van der Waals surface area contributed by atoms with Gasteiger partial charge in [0.25, 0.3) is 0 Å². The molecule has 1 N–H and O–H groups in total. The van der Waals surface area contributed by atoms with Crippen LogP contribution in [-0.2, 0) is 0 Å². The summed E-state index contributed by atoms with van der Waals surface area (Å²) in [6.45, 7) is 3.92. The molecule has 1 aromatic heterocycles. The zero-order chi connectivity index (χ0) is 15.7. The molecule has 2 aromatic carbocycles. The number of hydrogen-bond acceptors (Lipinski definition) is 3. The van der Waals surface area contributed by atoms with E-state index in [0.29, 0.717) is 10.7 Å². The zero-order valence-electron chi connectivity index (χ0n) is 12.4. The third kappa shape index (κ3) is 2.70. The number of halogens is 1. The highest BCUT2D eigenvalue weighted by Gasteiger charge is 2.16. The molecule has 0 amide bonds. The van der Waals surface area contributed by atoms with Gasteiger partial charge in [0.1, 0.15) is 5.01 Å². The van der Waals surface area contributed by atoms with Crippen LogP contribution in [0.2, 0.25) is 5.02 Å². The van der Waals surface area contributed by atoms with Crippen molar-refractivity contribution in [3.05, 3.63) is 75.4 Å². The third-order valence-electron chi connectivity index (χ3n) is 3.58. The van der Waals surface area contributed by atoms with Crippen molar-refractivity contribution in [2.24, 2.45) is 0 Å². The van der Waals surface area contributed by atoms with Gasteiger partial charge in [0.05, 0.1) is 16.3 Å². The first-order valence-electron chi connectivity index (χ1n) is 6.95. The molecule has 0 saturated heterocycles. The van der Waals surface area contributed by atoms with Crippen LogP contribution in [0.3, 0.4) is 0 Å². The molecule has 0 atom stereocenters. The van der Waals surface area contributed by atoms with Gasteiger partial charge in [-0.15, -0.1) is 11.3 Å². The van der Waals surface area contributed by atoms with Gasteiger partial charge in [0.2, 0.25) is 0 Å². The van der Waals surface area contributed by atoms with Crippen LogP contribution in [0.5, 0.6) is 0 Å². The van der Waals surface area contributed by atoms with E-state index in [9.17, 15) is 0 Å². The molecular weight excluding hydrogens is 312 g/mol. The maximum atomic E-state index is 8.47. The van der Waals surface area contributed by atoms with Gasteiger partial charge in [-0.3, -0.25) is 5.41 Å². The summed E-state index contributed by atoms with van der Waals surface area (Å²) in [5.41, 5.74) is 4.27. The molecule has 3 aromatic rings. The van der Waals surface area contributed by atoms with Crippen molar-refractivity contribution in [3.8, 4) is 10.4 Å². The second-order valence-corrected chi connectivity index (χ2v) is 6.49. The first-order valence-corrected chi connectivity index (χ1v) is 8.14. The fraction of sp³-hybridized carbons (Fsp3) is 0.111. The Balaban J connectivity index is 2.03. The highest BCUT2D eigenvalue weighted by molar-refractivity contribution is 7.17. The van der Waals surface area contributed by atoms with Gasteiger partial charge in [-0.1, -0.05) is 54.1 Å². The fourth-order valence-electron chi connectivity index (χ4n) is 2.35. The Hall–Kier alpha value is -1.97. The number of nitrogens with one attached hydrogen (secondary N) is 1. The molecule has 0 unspecified atom stereocenters. The minimum atomic E-state index is 0.426. The monoisotopic (exact) mass is 326 g/mol. The maximum absolute atomic E-state index is 8.47. The molecule has 0 aliphatic heterocycles. The van der Waals surface area contributed by atoms with E-state index in [1.807, 2.05) is 50.2 Å². The second kappa shape index (κ2) is 6.03. The van der Waals surface area contributed by atoms with Gasteiger partial charge >= 0.3 is 0 Å². The van der Waals surface area contributed by atoms with Crippen molar-refractivity contribution in [2.45, 2.75) is 13.8 Å². The summed E-state index contributed by atoms with van der Waals surface area (Å²) in [4.78, 5) is 5.70. The highest BCUT2D eigenvalue weighted by Crippen LogP contribution is 2.31. The number of aryl methyl sites for hydroxylation is 1. The summed E-state index contributed by atoms with van der Waals surface area (Å²) in [6, 6.07) is 15.8. The van der Waals surface area contributed by atoms with Crippen LogP contribution >= 0.6 is 22.9 Å². The number of rotatable bonds is 3. The highest BCUT2D eigenvalue weighted by atomic mass is 35.5. The zero-order valence-corrected chi connectivity index (χ0v) is 13.9. The van der Waals surface area contributed by atoms with Crippen LogP contribution < -0.4 is 0 Å². The van der Waals surface area contributed by atoms with Crippen LogP contribution in [0.25, 0.3) is 10.4 Å². The lowest BCUT2D eigenvalue weighted by Gasteiger charge is -2.06. The van der Waals surface area contributed by atoms with E-state index in [-0.39, 0.29) is 0 Å². The Morgan fingerprint density at radius 2 is 1.77 bits per heavy atom. The Bertz CT molecular complexity index is 838. The normalized spacial score (nSPS) is 10.7. The van der Waals surface area contributed by atoms with Crippen molar-refractivity contribution in [1.82, 2.24) is 4.98 Å². The van der Waals surface area contributed by atoms with E-state index in [1.54, 1.807) is 11.3 Å². The summed E-state index contributed by atoms with van der Waals surface area (Å²) in [5.74, 6) is 0. The molecule has 22 heavy (non-hydrogen) atoms. The molecule has 0 aliphatic carbocycles. The average Bonchev–Trinajstić information content (AvgIpc) is 2.92. The number of thiazole rings is 1. The number of benzene rings is 2. The fourth-order valence-corrected chi connectivity index (χ4v) is 3.56. The lowest BCUT2D eigenvalue weighted by Crippen LogP contribution is -2.03. The van der Waals surface area contributed by atoms with E-state index >= 15 is 0 Å². The minimum Gasteiger partial charge on any atom is -0.297 e.